The molecule has 1 aromatic carbocycles. The number of piperazine rings is 1. The van der Waals surface area contributed by atoms with Crippen molar-refractivity contribution < 1.29 is 18.1 Å². The highest BCUT2D eigenvalue weighted by atomic mass is 35.5. The first kappa shape index (κ1) is 21.4. The maximum Gasteiger partial charge on any atom is 0.275 e. The van der Waals surface area contributed by atoms with Gasteiger partial charge in [-0.1, -0.05) is 36.5 Å². The number of sulfonamides is 1. The molecule has 1 aliphatic heterocycles. The number of carbonyl (C=O) groups excluding carboxylic acids is 1. The SMILES string of the molecule is CCC[C@@H](C)NC(=O)C[NH+]1CCN(S(=O)(=O)c2cc(Cl)ccc2Cl)CC1. The third-order valence-electron chi connectivity index (χ3n) is 4.48. The van der Waals surface area contributed by atoms with E-state index in [2.05, 4.69) is 12.2 Å². The summed E-state index contributed by atoms with van der Waals surface area (Å²) in [6.45, 7) is 6.28. The van der Waals surface area contributed by atoms with Crippen LogP contribution in [0.3, 0.4) is 0 Å². The molecule has 0 aromatic heterocycles. The summed E-state index contributed by atoms with van der Waals surface area (Å²) in [5.41, 5.74) is 0. The van der Waals surface area contributed by atoms with Crippen LogP contribution in [-0.2, 0) is 14.8 Å². The first-order valence-electron chi connectivity index (χ1n) is 8.82. The molecule has 2 N–H and O–H groups in total. The summed E-state index contributed by atoms with van der Waals surface area (Å²) >= 11 is 12.0. The maximum atomic E-state index is 12.8. The Hall–Kier alpha value is -0.860. The van der Waals surface area contributed by atoms with Crippen molar-refractivity contribution in [1.82, 2.24) is 9.62 Å². The van der Waals surface area contributed by atoms with Gasteiger partial charge in [-0.15, -0.1) is 0 Å². The Labute approximate surface area is 165 Å². The van der Waals surface area contributed by atoms with Crippen LogP contribution >= 0.6 is 23.2 Å². The van der Waals surface area contributed by atoms with Gasteiger partial charge in [-0.2, -0.15) is 4.31 Å². The summed E-state index contributed by atoms with van der Waals surface area (Å²) in [5, 5.41) is 3.47. The molecule has 0 unspecified atom stereocenters. The van der Waals surface area contributed by atoms with E-state index >= 15 is 0 Å². The van der Waals surface area contributed by atoms with E-state index < -0.39 is 10.0 Å². The van der Waals surface area contributed by atoms with Crippen LogP contribution in [0.4, 0.5) is 0 Å². The van der Waals surface area contributed by atoms with Gasteiger partial charge in [0.15, 0.2) is 6.54 Å². The number of rotatable bonds is 7. The molecule has 0 bridgehead atoms. The molecule has 1 heterocycles. The van der Waals surface area contributed by atoms with Crippen LogP contribution in [0.1, 0.15) is 26.7 Å². The average molecular weight is 423 g/mol. The Morgan fingerprint density at radius 2 is 1.96 bits per heavy atom. The third-order valence-corrected chi connectivity index (χ3v) is 7.10. The van der Waals surface area contributed by atoms with Gasteiger partial charge in [-0.05, 0) is 31.5 Å². The third kappa shape index (κ3) is 5.57. The smallest absolute Gasteiger partial charge is 0.275 e. The molecule has 1 aromatic rings. The lowest BCUT2D eigenvalue weighted by Crippen LogP contribution is -3.15. The molecule has 1 amide bonds. The zero-order valence-electron chi connectivity index (χ0n) is 15.1. The number of halogens is 2. The first-order chi connectivity index (χ1) is 12.2. The van der Waals surface area contributed by atoms with E-state index in [9.17, 15) is 13.2 Å². The van der Waals surface area contributed by atoms with Crippen molar-refractivity contribution in [2.75, 3.05) is 32.7 Å². The number of nitrogens with zero attached hydrogens (tertiary/aromatic N) is 1. The summed E-state index contributed by atoms with van der Waals surface area (Å²) in [6.07, 6.45) is 1.98. The summed E-state index contributed by atoms with van der Waals surface area (Å²) in [6, 6.07) is 4.59. The summed E-state index contributed by atoms with van der Waals surface area (Å²) in [5.74, 6) is 0.00939. The second kappa shape index (κ2) is 9.37. The van der Waals surface area contributed by atoms with Crippen LogP contribution in [0.25, 0.3) is 0 Å². The maximum absolute atomic E-state index is 12.8. The molecule has 1 atom stereocenters. The zero-order valence-corrected chi connectivity index (χ0v) is 17.4. The summed E-state index contributed by atoms with van der Waals surface area (Å²) < 4.78 is 27.0. The van der Waals surface area contributed by atoms with Crippen molar-refractivity contribution in [2.24, 2.45) is 0 Å². The highest BCUT2D eigenvalue weighted by Crippen LogP contribution is 2.27. The van der Waals surface area contributed by atoms with Gasteiger partial charge < -0.3 is 10.2 Å². The van der Waals surface area contributed by atoms with E-state index in [1.165, 1.54) is 16.4 Å². The van der Waals surface area contributed by atoms with Gasteiger partial charge in [-0.3, -0.25) is 4.79 Å². The van der Waals surface area contributed by atoms with Crippen LogP contribution in [0.15, 0.2) is 23.1 Å². The Balaban J connectivity index is 1.93. The second-order valence-electron chi connectivity index (χ2n) is 6.66. The second-order valence-corrected chi connectivity index (χ2v) is 9.41. The molecular formula is C17H26Cl2N3O3S+. The quantitative estimate of drug-likeness (QED) is 0.692. The van der Waals surface area contributed by atoms with Crippen LogP contribution in [-0.4, -0.2) is 57.4 Å². The molecular weight excluding hydrogens is 397 g/mol. The van der Waals surface area contributed by atoms with E-state index in [0.717, 1.165) is 17.7 Å². The number of carbonyl (C=O) groups is 1. The van der Waals surface area contributed by atoms with E-state index in [1.54, 1.807) is 6.07 Å². The Kier molecular flexibility index (Phi) is 7.73. The Morgan fingerprint density at radius 3 is 2.58 bits per heavy atom. The highest BCUT2D eigenvalue weighted by Gasteiger charge is 2.32. The van der Waals surface area contributed by atoms with E-state index in [1.807, 2.05) is 6.92 Å². The number of hydrogen-bond donors (Lipinski definition) is 2. The fourth-order valence-corrected chi connectivity index (χ4v) is 5.27. The first-order valence-corrected chi connectivity index (χ1v) is 11.0. The summed E-state index contributed by atoms with van der Waals surface area (Å²) in [7, 11) is -3.69. The van der Waals surface area contributed by atoms with Gasteiger partial charge in [0.2, 0.25) is 10.0 Å². The minimum Gasteiger partial charge on any atom is -0.349 e. The normalized spacial score (nSPS) is 17.8. The minimum atomic E-state index is -3.69. The molecule has 1 saturated heterocycles. The van der Waals surface area contributed by atoms with Crippen molar-refractivity contribution in [3.8, 4) is 0 Å². The summed E-state index contributed by atoms with van der Waals surface area (Å²) in [4.78, 5) is 13.2. The highest BCUT2D eigenvalue weighted by molar-refractivity contribution is 7.89. The van der Waals surface area contributed by atoms with E-state index in [4.69, 9.17) is 23.2 Å². The van der Waals surface area contributed by atoms with Crippen LogP contribution in [0.5, 0.6) is 0 Å². The van der Waals surface area contributed by atoms with Gasteiger partial charge in [0.1, 0.15) is 4.90 Å². The van der Waals surface area contributed by atoms with Crippen molar-refractivity contribution in [2.45, 2.75) is 37.6 Å². The van der Waals surface area contributed by atoms with Gasteiger partial charge in [0.25, 0.3) is 5.91 Å². The van der Waals surface area contributed by atoms with Crippen molar-refractivity contribution in [3.63, 3.8) is 0 Å². The Bertz CT molecular complexity index is 735. The standard InChI is InChI=1S/C17H25Cl2N3O3S/c1-3-4-13(2)20-17(23)12-21-7-9-22(10-8-21)26(24,25)16-11-14(18)5-6-15(16)19/h5-6,11,13H,3-4,7-10,12H2,1-2H3,(H,20,23)/p+1/t13-/m1/s1. The molecule has 1 fully saturated rings. The van der Waals surface area contributed by atoms with Crippen molar-refractivity contribution in [1.29, 1.82) is 0 Å². The molecule has 146 valence electrons. The lowest BCUT2D eigenvalue weighted by molar-refractivity contribution is -0.895. The molecule has 0 saturated carbocycles. The predicted octanol–water partition coefficient (Wildman–Crippen LogP) is 1.19. The van der Waals surface area contributed by atoms with E-state index in [-0.39, 0.29) is 21.9 Å². The van der Waals surface area contributed by atoms with Crippen LogP contribution in [0, 0.1) is 0 Å². The fraction of sp³-hybridized carbons (Fsp3) is 0.588. The average Bonchev–Trinajstić information content (AvgIpc) is 2.57. The topological polar surface area (TPSA) is 70.9 Å². The van der Waals surface area contributed by atoms with Gasteiger partial charge in [-0.25, -0.2) is 8.42 Å². The van der Waals surface area contributed by atoms with Gasteiger partial charge >= 0.3 is 0 Å². The van der Waals surface area contributed by atoms with Gasteiger partial charge in [0.05, 0.1) is 31.2 Å². The molecule has 6 nitrogen and oxygen atoms in total. The largest absolute Gasteiger partial charge is 0.349 e. The van der Waals surface area contributed by atoms with Gasteiger partial charge in [0, 0.05) is 11.1 Å². The van der Waals surface area contributed by atoms with E-state index in [0.29, 0.717) is 37.7 Å². The van der Waals surface area contributed by atoms with Crippen LogP contribution in [0.2, 0.25) is 10.0 Å². The minimum absolute atomic E-state index is 0.00939. The monoisotopic (exact) mass is 422 g/mol. The molecule has 2 rings (SSSR count). The molecule has 26 heavy (non-hydrogen) atoms. The molecule has 1 aliphatic rings. The lowest BCUT2D eigenvalue weighted by atomic mass is 10.2. The Morgan fingerprint density at radius 1 is 1.31 bits per heavy atom. The molecule has 9 heteroatoms. The number of amides is 1. The fourth-order valence-electron chi connectivity index (χ4n) is 3.09. The number of benzene rings is 1. The van der Waals surface area contributed by atoms with Crippen LogP contribution < -0.4 is 10.2 Å². The molecule has 0 spiro atoms. The number of quaternary nitrogens is 1. The molecule has 0 radical (unpaired) electrons. The predicted molar refractivity (Wildman–Crippen MR) is 103 cm³/mol. The molecule has 0 aliphatic carbocycles. The lowest BCUT2D eigenvalue weighted by Gasteiger charge is -2.31. The number of hydrogen-bond acceptors (Lipinski definition) is 3. The zero-order chi connectivity index (χ0) is 19.3. The van der Waals surface area contributed by atoms with Crippen molar-refractivity contribution in [3.05, 3.63) is 28.2 Å². The number of nitrogens with one attached hydrogen (secondary N) is 2. The van der Waals surface area contributed by atoms with Crippen molar-refractivity contribution >= 4 is 39.1 Å².